The van der Waals surface area contributed by atoms with Crippen LogP contribution in [0, 0.1) is 0 Å². The van der Waals surface area contributed by atoms with Crippen LogP contribution in [-0.4, -0.2) is 21.6 Å². The summed E-state index contributed by atoms with van der Waals surface area (Å²) in [6.45, 7) is 0. The maximum absolute atomic E-state index is 12.1. The Kier molecular flexibility index (Phi) is 2.47. The maximum atomic E-state index is 12.1. The number of hydrogen-bond donors (Lipinski definition) is 2. The number of Topliss-reactive ketones (excluding diaryl/α,β-unsaturated/α-hetero) is 1. The summed E-state index contributed by atoms with van der Waals surface area (Å²) in [5.74, 6) is -0.401. The van der Waals surface area contributed by atoms with Crippen LogP contribution in [0.1, 0.15) is 48.9 Å². The number of ketones is 1. The Hall–Kier alpha value is -1.71. The number of rotatable bonds is 0. The van der Waals surface area contributed by atoms with E-state index < -0.39 is 5.60 Å². The number of phenols is 2. The molecule has 0 atom stereocenters. The monoisotopic (exact) mass is 248 g/mol. The molecule has 1 aromatic rings. The zero-order valence-electron chi connectivity index (χ0n) is 10.1. The first-order chi connectivity index (χ1) is 8.61. The molecule has 4 heteroatoms. The van der Waals surface area contributed by atoms with Gasteiger partial charge in [0.15, 0.2) is 17.3 Å². The molecule has 0 unspecified atom stereocenters. The third-order valence-corrected chi connectivity index (χ3v) is 3.98. The van der Waals surface area contributed by atoms with Crippen molar-refractivity contribution in [1.29, 1.82) is 0 Å². The largest absolute Gasteiger partial charge is 0.504 e. The van der Waals surface area contributed by atoms with Gasteiger partial charge in [0.25, 0.3) is 0 Å². The van der Waals surface area contributed by atoms with E-state index >= 15 is 0 Å². The minimum absolute atomic E-state index is 0.00606. The van der Waals surface area contributed by atoms with Crippen molar-refractivity contribution in [2.75, 3.05) is 0 Å². The van der Waals surface area contributed by atoms with Gasteiger partial charge in [-0.05, 0) is 37.8 Å². The Morgan fingerprint density at radius 3 is 2.56 bits per heavy atom. The lowest BCUT2D eigenvalue weighted by Crippen LogP contribution is -2.43. The first kappa shape index (κ1) is 11.4. The highest BCUT2D eigenvalue weighted by molar-refractivity contribution is 6.01. The van der Waals surface area contributed by atoms with Crippen molar-refractivity contribution in [3.63, 3.8) is 0 Å². The number of ether oxygens (including phenoxy) is 1. The van der Waals surface area contributed by atoms with Gasteiger partial charge in [-0.3, -0.25) is 4.79 Å². The Bertz CT molecular complexity index is 501. The maximum Gasteiger partial charge on any atom is 0.201 e. The van der Waals surface area contributed by atoms with Crippen molar-refractivity contribution in [1.82, 2.24) is 0 Å². The fraction of sp³-hybridized carbons (Fsp3) is 0.500. The molecule has 0 bridgehead atoms. The van der Waals surface area contributed by atoms with Gasteiger partial charge in [-0.25, -0.2) is 0 Å². The minimum Gasteiger partial charge on any atom is -0.504 e. The van der Waals surface area contributed by atoms with Crippen molar-refractivity contribution in [2.24, 2.45) is 0 Å². The van der Waals surface area contributed by atoms with E-state index in [4.69, 9.17) is 4.74 Å². The second-order valence-electron chi connectivity index (χ2n) is 5.26. The number of benzene rings is 1. The minimum atomic E-state index is -0.465. The fourth-order valence-electron chi connectivity index (χ4n) is 3.00. The average molecular weight is 248 g/mol. The number of aromatic hydroxyl groups is 2. The van der Waals surface area contributed by atoms with Gasteiger partial charge in [-0.15, -0.1) is 0 Å². The van der Waals surface area contributed by atoms with Crippen LogP contribution in [0.4, 0.5) is 0 Å². The lowest BCUT2D eigenvalue weighted by Gasteiger charge is -2.40. The summed E-state index contributed by atoms with van der Waals surface area (Å²) >= 11 is 0. The number of carbonyl (C=O) groups excluding carboxylic acids is 1. The molecule has 2 N–H and O–H groups in total. The molecule has 0 aromatic heterocycles. The van der Waals surface area contributed by atoms with E-state index in [1.165, 1.54) is 12.1 Å². The normalized spacial score (nSPS) is 21.4. The first-order valence-electron chi connectivity index (χ1n) is 6.38. The highest BCUT2D eigenvalue weighted by Gasteiger charge is 2.42. The van der Waals surface area contributed by atoms with E-state index in [2.05, 4.69) is 0 Å². The summed E-state index contributed by atoms with van der Waals surface area (Å²) in [6.07, 6.45) is 5.31. The van der Waals surface area contributed by atoms with Crippen molar-refractivity contribution < 1.29 is 19.7 Å². The van der Waals surface area contributed by atoms with Crippen molar-refractivity contribution in [2.45, 2.75) is 44.1 Å². The van der Waals surface area contributed by atoms with Gasteiger partial charge in [-0.2, -0.15) is 0 Å². The summed E-state index contributed by atoms with van der Waals surface area (Å²) < 4.78 is 5.91. The van der Waals surface area contributed by atoms with Crippen molar-refractivity contribution >= 4 is 5.78 Å². The highest BCUT2D eigenvalue weighted by Crippen LogP contribution is 2.47. The number of hydrogen-bond acceptors (Lipinski definition) is 4. The molecule has 0 radical (unpaired) electrons. The van der Waals surface area contributed by atoms with Crippen LogP contribution in [0.25, 0.3) is 0 Å². The quantitative estimate of drug-likeness (QED) is 0.693. The zero-order chi connectivity index (χ0) is 12.8. The first-order valence-corrected chi connectivity index (χ1v) is 6.38. The van der Waals surface area contributed by atoms with E-state index in [0.29, 0.717) is 12.0 Å². The predicted molar refractivity (Wildman–Crippen MR) is 65.2 cm³/mol. The average Bonchev–Trinajstić information content (AvgIpc) is 2.35. The van der Waals surface area contributed by atoms with Crippen LogP contribution in [0.15, 0.2) is 12.1 Å². The van der Waals surface area contributed by atoms with Crippen LogP contribution in [0.5, 0.6) is 17.2 Å². The molecule has 1 aromatic carbocycles. The van der Waals surface area contributed by atoms with E-state index in [1.807, 2.05) is 0 Å². The summed E-state index contributed by atoms with van der Waals surface area (Å²) in [5, 5.41) is 19.4. The molecule has 0 saturated heterocycles. The third kappa shape index (κ3) is 1.64. The second kappa shape index (κ2) is 3.90. The Balaban J connectivity index is 2.05. The molecule has 1 fully saturated rings. The molecule has 4 nitrogen and oxygen atoms in total. The topological polar surface area (TPSA) is 66.8 Å². The second-order valence-corrected chi connectivity index (χ2v) is 5.26. The van der Waals surface area contributed by atoms with Crippen LogP contribution in [0.3, 0.4) is 0 Å². The molecular weight excluding hydrogens is 232 g/mol. The van der Waals surface area contributed by atoms with Crippen LogP contribution in [-0.2, 0) is 0 Å². The van der Waals surface area contributed by atoms with Crippen LogP contribution in [0.2, 0.25) is 0 Å². The summed E-state index contributed by atoms with van der Waals surface area (Å²) in [6, 6.07) is 2.84. The van der Waals surface area contributed by atoms with Gasteiger partial charge in [0, 0.05) is 0 Å². The number of carbonyl (C=O) groups is 1. The Morgan fingerprint density at radius 1 is 1.11 bits per heavy atom. The molecule has 2 aliphatic rings. The number of phenolic OH excluding ortho intramolecular Hbond substituents is 2. The summed E-state index contributed by atoms with van der Waals surface area (Å²) in [4.78, 5) is 12.1. The molecule has 1 aliphatic heterocycles. The molecule has 1 aliphatic carbocycles. The van der Waals surface area contributed by atoms with Gasteiger partial charge in [0.2, 0.25) is 5.75 Å². The molecule has 96 valence electrons. The molecule has 3 rings (SSSR count). The zero-order valence-corrected chi connectivity index (χ0v) is 10.1. The van der Waals surface area contributed by atoms with E-state index in [-0.39, 0.29) is 23.0 Å². The highest BCUT2D eigenvalue weighted by atomic mass is 16.5. The SMILES string of the molecule is O=C1CC2(CCCCC2)Oc2c1ccc(O)c2O. The molecule has 1 spiro atoms. The van der Waals surface area contributed by atoms with Gasteiger partial charge in [-0.1, -0.05) is 6.42 Å². The molecule has 1 saturated carbocycles. The Labute approximate surface area is 105 Å². The molecular formula is C14H16O4. The number of fused-ring (bicyclic) bond motifs is 1. The predicted octanol–water partition coefficient (Wildman–Crippen LogP) is 2.77. The van der Waals surface area contributed by atoms with Crippen molar-refractivity contribution in [3.05, 3.63) is 17.7 Å². The van der Waals surface area contributed by atoms with Gasteiger partial charge in [0.05, 0.1) is 12.0 Å². The van der Waals surface area contributed by atoms with Gasteiger partial charge in [0.1, 0.15) is 5.60 Å². The van der Waals surface area contributed by atoms with Gasteiger partial charge >= 0.3 is 0 Å². The van der Waals surface area contributed by atoms with Crippen LogP contribution >= 0.6 is 0 Å². The smallest absolute Gasteiger partial charge is 0.201 e. The van der Waals surface area contributed by atoms with E-state index in [9.17, 15) is 15.0 Å². The van der Waals surface area contributed by atoms with Crippen LogP contribution < -0.4 is 4.74 Å². The van der Waals surface area contributed by atoms with E-state index in [0.717, 1.165) is 32.1 Å². The molecule has 18 heavy (non-hydrogen) atoms. The van der Waals surface area contributed by atoms with E-state index in [1.54, 1.807) is 0 Å². The standard InChI is InChI=1S/C14H16O4/c15-10-5-4-9-11(16)8-14(6-2-1-3-7-14)18-13(9)12(10)17/h4-5,15,17H,1-3,6-8H2. The Morgan fingerprint density at radius 2 is 1.83 bits per heavy atom. The fourth-order valence-corrected chi connectivity index (χ4v) is 3.00. The lowest BCUT2D eigenvalue weighted by atomic mass is 9.78. The third-order valence-electron chi connectivity index (χ3n) is 3.98. The molecule has 0 amide bonds. The lowest BCUT2D eigenvalue weighted by molar-refractivity contribution is 0.0113. The van der Waals surface area contributed by atoms with Crippen molar-refractivity contribution in [3.8, 4) is 17.2 Å². The summed E-state index contributed by atoms with van der Waals surface area (Å²) in [5.41, 5.74) is -0.0883. The molecule has 1 heterocycles. The summed E-state index contributed by atoms with van der Waals surface area (Å²) in [7, 11) is 0. The van der Waals surface area contributed by atoms with Gasteiger partial charge < -0.3 is 14.9 Å².